The molecule has 3 aromatic carbocycles. The topological polar surface area (TPSA) is 47.8 Å². The molecular weight excluding hydrogens is 486 g/mol. The summed E-state index contributed by atoms with van der Waals surface area (Å²) in [6.07, 6.45) is 0. The van der Waals surface area contributed by atoms with E-state index in [-0.39, 0.29) is 6.79 Å². The number of benzene rings is 3. The van der Waals surface area contributed by atoms with Crippen molar-refractivity contribution in [3.63, 3.8) is 0 Å². The quantitative estimate of drug-likeness (QED) is 0.348. The zero-order chi connectivity index (χ0) is 21.9. The molecular formula is C25H20BrN3O2S. The van der Waals surface area contributed by atoms with Crippen LogP contribution in [0.25, 0.3) is 17.0 Å². The van der Waals surface area contributed by atoms with Crippen LogP contribution in [-0.2, 0) is 6.54 Å². The van der Waals surface area contributed by atoms with E-state index < -0.39 is 0 Å². The number of hydrogen-bond donors (Lipinski definition) is 1. The molecule has 5 nitrogen and oxygen atoms in total. The van der Waals surface area contributed by atoms with Gasteiger partial charge in [-0.1, -0.05) is 65.0 Å². The van der Waals surface area contributed by atoms with Crippen molar-refractivity contribution in [2.24, 2.45) is 4.99 Å². The van der Waals surface area contributed by atoms with E-state index in [2.05, 4.69) is 57.6 Å². The van der Waals surface area contributed by atoms with Gasteiger partial charge in [0.25, 0.3) is 0 Å². The molecule has 1 aromatic heterocycles. The minimum absolute atomic E-state index is 0.244. The third-order valence-electron chi connectivity index (χ3n) is 5.06. The van der Waals surface area contributed by atoms with Gasteiger partial charge in [-0.2, -0.15) is 0 Å². The maximum absolute atomic E-state index is 5.52. The molecule has 0 spiro atoms. The van der Waals surface area contributed by atoms with Crippen molar-refractivity contribution in [2.75, 3.05) is 12.2 Å². The van der Waals surface area contributed by atoms with E-state index in [1.54, 1.807) is 11.3 Å². The van der Waals surface area contributed by atoms with E-state index in [1.165, 1.54) is 0 Å². The third kappa shape index (κ3) is 4.35. The van der Waals surface area contributed by atoms with Crippen LogP contribution < -0.4 is 19.7 Å². The fourth-order valence-electron chi connectivity index (χ4n) is 3.38. The standard InChI is InChI=1S/C25H20BrN3O2S/c1-17(20-9-12-23-24(13-20)31-16-30-23)28-29-22(19-7-10-21(26)11-8-19)15-32-25(29)27-14-18-5-3-2-4-6-18/h2-13,15,28H,1,14,16H2. The summed E-state index contributed by atoms with van der Waals surface area (Å²) in [6.45, 7) is 5.10. The number of thiazole rings is 1. The predicted molar refractivity (Wildman–Crippen MR) is 132 cm³/mol. The zero-order valence-electron chi connectivity index (χ0n) is 17.1. The van der Waals surface area contributed by atoms with Gasteiger partial charge in [0.15, 0.2) is 11.5 Å². The van der Waals surface area contributed by atoms with Crippen LogP contribution in [0.4, 0.5) is 0 Å². The summed E-state index contributed by atoms with van der Waals surface area (Å²) in [6, 6.07) is 24.3. The molecule has 1 N–H and O–H groups in total. The van der Waals surface area contributed by atoms with Crippen molar-refractivity contribution in [3.05, 3.63) is 105 Å². The minimum atomic E-state index is 0.244. The molecule has 5 rings (SSSR count). The molecule has 0 unspecified atom stereocenters. The van der Waals surface area contributed by atoms with Gasteiger partial charge >= 0.3 is 0 Å². The fourth-order valence-corrected chi connectivity index (χ4v) is 4.49. The maximum atomic E-state index is 5.52. The molecule has 0 atom stereocenters. The van der Waals surface area contributed by atoms with Gasteiger partial charge in [-0.3, -0.25) is 10.4 Å². The van der Waals surface area contributed by atoms with E-state index in [1.807, 2.05) is 53.2 Å². The van der Waals surface area contributed by atoms with E-state index >= 15 is 0 Å². The Hall–Kier alpha value is -3.29. The second kappa shape index (κ2) is 9.06. The molecule has 0 fully saturated rings. The lowest BCUT2D eigenvalue weighted by molar-refractivity contribution is 0.174. The normalized spacial score (nSPS) is 12.7. The first-order valence-corrected chi connectivity index (χ1v) is 11.7. The molecule has 0 saturated heterocycles. The first kappa shape index (κ1) is 20.6. The molecule has 1 aliphatic heterocycles. The highest BCUT2D eigenvalue weighted by molar-refractivity contribution is 9.10. The molecule has 1 aliphatic rings. The first-order valence-electron chi connectivity index (χ1n) is 10.0. The number of rotatable bonds is 6. The van der Waals surface area contributed by atoms with Gasteiger partial charge in [0, 0.05) is 21.0 Å². The lowest BCUT2D eigenvalue weighted by Gasteiger charge is -2.15. The number of nitrogens with one attached hydrogen (secondary N) is 1. The van der Waals surface area contributed by atoms with Gasteiger partial charge < -0.3 is 9.47 Å². The fraction of sp³-hybridized carbons (Fsp3) is 0.0800. The Bertz CT molecular complexity index is 1330. The highest BCUT2D eigenvalue weighted by Crippen LogP contribution is 2.34. The summed E-state index contributed by atoms with van der Waals surface area (Å²) in [5.74, 6) is 1.47. The van der Waals surface area contributed by atoms with E-state index in [0.29, 0.717) is 6.54 Å². The van der Waals surface area contributed by atoms with E-state index in [4.69, 9.17) is 14.5 Å². The Balaban J connectivity index is 1.51. The van der Waals surface area contributed by atoms with Gasteiger partial charge in [-0.05, 0) is 35.9 Å². The summed E-state index contributed by atoms with van der Waals surface area (Å²) in [4.78, 5) is 5.72. The number of ether oxygens (including phenoxy) is 2. The average molecular weight is 506 g/mol. The average Bonchev–Trinajstić information content (AvgIpc) is 3.45. The molecule has 2 heterocycles. The highest BCUT2D eigenvalue weighted by Gasteiger charge is 2.15. The van der Waals surface area contributed by atoms with Crippen molar-refractivity contribution >= 4 is 33.0 Å². The Kier molecular flexibility index (Phi) is 5.83. The number of hydrogen-bond acceptors (Lipinski definition) is 5. The molecule has 0 radical (unpaired) electrons. The largest absolute Gasteiger partial charge is 0.454 e. The number of aromatic nitrogens is 1. The van der Waals surface area contributed by atoms with Crippen LogP contribution in [-0.4, -0.2) is 11.5 Å². The summed E-state index contributed by atoms with van der Waals surface area (Å²) in [7, 11) is 0. The van der Waals surface area contributed by atoms with Gasteiger partial charge in [0.05, 0.1) is 17.9 Å². The van der Waals surface area contributed by atoms with Crippen molar-refractivity contribution in [3.8, 4) is 22.8 Å². The molecule has 0 amide bonds. The van der Waals surface area contributed by atoms with E-state index in [9.17, 15) is 0 Å². The molecule has 7 heteroatoms. The lowest BCUT2D eigenvalue weighted by atomic mass is 10.1. The van der Waals surface area contributed by atoms with Crippen molar-refractivity contribution in [1.29, 1.82) is 0 Å². The third-order valence-corrected chi connectivity index (χ3v) is 6.45. The SMILES string of the molecule is C=C(Nn1c(-c2ccc(Br)cc2)csc1=NCc1ccccc1)c1ccc2c(c1)OCO2. The Labute approximate surface area is 198 Å². The molecule has 160 valence electrons. The summed E-state index contributed by atoms with van der Waals surface area (Å²) >= 11 is 5.10. The maximum Gasteiger partial charge on any atom is 0.231 e. The van der Waals surface area contributed by atoms with Crippen LogP contribution in [0, 0.1) is 0 Å². The molecule has 0 saturated carbocycles. The molecule has 32 heavy (non-hydrogen) atoms. The number of fused-ring (bicyclic) bond motifs is 1. The first-order chi connectivity index (χ1) is 15.7. The van der Waals surface area contributed by atoms with Crippen molar-refractivity contribution in [1.82, 2.24) is 4.68 Å². The number of halogens is 1. The predicted octanol–water partition coefficient (Wildman–Crippen LogP) is 6.02. The monoisotopic (exact) mass is 505 g/mol. The van der Waals surface area contributed by atoms with Crippen LogP contribution in [0.3, 0.4) is 0 Å². The minimum Gasteiger partial charge on any atom is -0.454 e. The summed E-state index contributed by atoms with van der Waals surface area (Å²) < 4.78 is 14.0. The van der Waals surface area contributed by atoms with Crippen LogP contribution in [0.2, 0.25) is 0 Å². The van der Waals surface area contributed by atoms with Crippen molar-refractivity contribution < 1.29 is 9.47 Å². The van der Waals surface area contributed by atoms with Crippen LogP contribution >= 0.6 is 27.3 Å². The van der Waals surface area contributed by atoms with Gasteiger partial charge in [-0.15, -0.1) is 11.3 Å². The molecule has 0 bridgehead atoms. The molecule has 0 aliphatic carbocycles. The summed E-state index contributed by atoms with van der Waals surface area (Å²) in [5, 5.41) is 2.10. The second-order valence-corrected chi connectivity index (χ2v) is 8.96. The summed E-state index contributed by atoms with van der Waals surface area (Å²) in [5.41, 5.74) is 8.35. The smallest absolute Gasteiger partial charge is 0.231 e. The van der Waals surface area contributed by atoms with E-state index in [0.717, 1.165) is 48.9 Å². The Morgan fingerprint density at radius 2 is 1.81 bits per heavy atom. The Morgan fingerprint density at radius 1 is 1.03 bits per heavy atom. The molecule has 4 aromatic rings. The van der Waals surface area contributed by atoms with Gasteiger partial charge in [0.1, 0.15) is 0 Å². The van der Waals surface area contributed by atoms with Gasteiger partial charge in [0.2, 0.25) is 11.6 Å². The Morgan fingerprint density at radius 3 is 2.62 bits per heavy atom. The van der Waals surface area contributed by atoms with Crippen LogP contribution in [0.15, 0.2) is 94.2 Å². The highest BCUT2D eigenvalue weighted by atomic mass is 79.9. The van der Waals surface area contributed by atoms with Gasteiger partial charge in [-0.25, -0.2) is 4.68 Å². The lowest BCUT2D eigenvalue weighted by Crippen LogP contribution is -2.25. The zero-order valence-corrected chi connectivity index (χ0v) is 19.5. The number of nitrogens with zero attached hydrogens (tertiary/aromatic N) is 2. The van der Waals surface area contributed by atoms with Crippen LogP contribution in [0.1, 0.15) is 11.1 Å². The van der Waals surface area contributed by atoms with Crippen LogP contribution in [0.5, 0.6) is 11.5 Å². The van der Waals surface area contributed by atoms with Crippen molar-refractivity contribution in [2.45, 2.75) is 6.54 Å². The second-order valence-electron chi connectivity index (χ2n) is 7.21.